The van der Waals surface area contributed by atoms with Gasteiger partial charge >= 0.3 is 5.97 Å². The van der Waals surface area contributed by atoms with E-state index in [0.29, 0.717) is 11.7 Å². The number of hydrogen-bond donors (Lipinski definition) is 0. The van der Waals surface area contributed by atoms with Crippen molar-refractivity contribution in [1.29, 1.82) is 0 Å². The Kier molecular flexibility index (Phi) is 4.04. The van der Waals surface area contributed by atoms with Gasteiger partial charge in [0.25, 0.3) is 0 Å². The third kappa shape index (κ3) is 2.92. The van der Waals surface area contributed by atoms with Gasteiger partial charge in [-0.15, -0.1) is 0 Å². The number of nitrogens with zero attached hydrogens (tertiary/aromatic N) is 7. The lowest BCUT2D eigenvalue weighted by atomic mass is 10.2. The zero-order valence-electron chi connectivity index (χ0n) is 13.9. The number of fused-ring (bicyclic) bond motifs is 1. The van der Waals surface area contributed by atoms with Gasteiger partial charge in [-0.05, 0) is 12.8 Å². The van der Waals surface area contributed by atoms with Crippen molar-refractivity contribution in [1.82, 2.24) is 29.3 Å². The molecule has 1 unspecified atom stereocenters. The first-order chi connectivity index (χ1) is 12.3. The van der Waals surface area contributed by atoms with Crippen molar-refractivity contribution in [3.05, 3.63) is 31.2 Å². The molecule has 4 heterocycles. The van der Waals surface area contributed by atoms with Crippen LogP contribution in [0, 0.1) is 0 Å². The van der Waals surface area contributed by atoms with Crippen LogP contribution in [0.1, 0.15) is 12.8 Å². The minimum absolute atomic E-state index is 0.0366. The van der Waals surface area contributed by atoms with Gasteiger partial charge in [0.1, 0.15) is 18.7 Å². The van der Waals surface area contributed by atoms with Gasteiger partial charge in [0.15, 0.2) is 5.65 Å². The summed E-state index contributed by atoms with van der Waals surface area (Å²) in [5.41, 5.74) is 0.642. The molecule has 1 aliphatic heterocycles. The number of rotatable bonds is 5. The summed E-state index contributed by atoms with van der Waals surface area (Å²) in [7, 11) is 1.36. The van der Waals surface area contributed by atoms with Crippen LogP contribution in [0.3, 0.4) is 0 Å². The Morgan fingerprint density at radius 2 is 2.32 bits per heavy atom. The monoisotopic (exact) mass is 341 g/mol. The van der Waals surface area contributed by atoms with Crippen LogP contribution in [-0.2, 0) is 22.6 Å². The Balaban J connectivity index is 1.65. The van der Waals surface area contributed by atoms with Crippen molar-refractivity contribution >= 4 is 22.8 Å². The summed E-state index contributed by atoms with van der Waals surface area (Å²) in [6, 6.07) is 0.344. The maximum absolute atomic E-state index is 11.5. The Labute approximate surface area is 144 Å². The van der Waals surface area contributed by atoms with E-state index in [1.807, 2.05) is 12.5 Å². The summed E-state index contributed by atoms with van der Waals surface area (Å²) in [6.45, 7) is 1.84. The minimum atomic E-state index is -0.357. The van der Waals surface area contributed by atoms with Gasteiger partial charge in [-0.1, -0.05) is 0 Å². The van der Waals surface area contributed by atoms with Crippen molar-refractivity contribution in [2.45, 2.75) is 32.0 Å². The van der Waals surface area contributed by atoms with Crippen LogP contribution in [0.25, 0.3) is 11.0 Å². The maximum atomic E-state index is 11.5. The van der Waals surface area contributed by atoms with Gasteiger partial charge in [-0.2, -0.15) is 5.10 Å². The fraction of sp³-hybridized carbons (Fsp3) is 0.438. The Morgan fingerprint density at radius 3 is 3.12 bits per heavy atom. The molecule has 0 saturated carbocycles. The van der Waals surface area contributed by atoms with E-state index in [1.165, 1.54) is 13.4 Å². The first-order valence-corrected chi connectivity index (χ1v) is 8.22. The number of methoxy groups -OCH3 is 1. The summed E-state index contributed by atoms with van der Waals surface area (Å²) in [6.07, 6.45) is 11.1. The number of hydrogen-bond acceptors (Lipinski definition) is 7. The maximum Gasteiger partial charge on any atom is 0.327 e. The normalized spacial score (nSPS) is 17.3. The summed E-state index contributed by atoms with van der Waals surface area (Å²) in [4.78, 5) is 26.8. The fourth-order valence-electron chi connectivity index (χ4n) is 3.35. The molecule has 0 bridgehead atoms. The Bertz CT molecular complexity index is 874. The molecule has 1 aliphatic rings. The van der Waals surface area contributed by atoms with Crippen molar-refractivity contribution in [3.8, 4) is 0 Å². The molecule has 1 atom stereocenters. The smallest absolute Gasteiger partial charge is 0.327 e. The number of ether oxygens (including phenoxy) is 1. The van der Waals surface area contributed by atoms with Gasteiger partial charge in [0.2, 0.25) is 0 Å². The average Bonchev–Trinajstić information content (AvgIpc) is 3.37. The van der Waals surface area contributed by atoms with E-state index in [1.54, 1.807) is 17.1 Å². The topological polar surface area (TPSA) is 91.0 Å². The van der Waals surface area contributed by atoms with E-state index in [-0.39, 0.29) is 12.5 Å². The summed E-state index contributed by atoms with van der Waals surface area (Å²) < 4.78 is 8.35. The molecule has 1 saturated heterocycles. The molecule has 3 aromatic rings. The predicted octanol–water partition coefficient (Wildman–Crippen LogP) is 0.865. The van der Waals surface area contributed by atoms with Crippen LogP contribution in [0.4, 0.5) is 5.82 Å². The van der Waals surface area contributed by atoms with Crippen LogP contribution < -0.4 is 4.90 Å². The van der Waals surface area contributed by atoms with Crippen LogP contribution in [0.2, 0.25) is 0 Å². The average molecular weight is 341 g/mol. The van der Waals surface area contributed by atoms with E-state index in [0.717, 1.165) is 37.1 Å². The number of anilines is 1. The molecule has 4 rings (SSSR count). The van der Waals surface area contributed by atoms with E-state index in [9.17, 15) is 4.79 Å². The zero-order valence-corrected chi connectivity index (χ0v) is 13.9. The molecule has 0 N–H and O–H groups in total. The lowest BCUT2D eigenvalue weighted by Gasteiger charge is -2.26. The highest BCUT2D eigenvalue weighted by atomic mass is 16.5. The first kappa shape index (κ1) is 15.6. The molecule has 0 amide bonds. The number of carbonyl (C=O) groups is 1. The number of esters is 1. The second-order valence-electron chi connectivity index (χ2n) is 6.06. The second-order valence-corrected chi connectivity index (χ2v) is 6.06. The molecule has 9 heteroatoms. The van der Waals surface area contributed by atoms with E-state index in [4.69, 9.17) is 4.74 Å². The molecule has 0 aliphatic carbocycles. The molecule has 0 spiro atoms. The van der Waals surface area contributed by atoms with E-state index < -0.39 is 0 Å². The highest BCUT2D eigenvalue weighted by Gasteiger charge is 2.28. The highest BCUT2D eigenvalue weighted by Crippen LogP contribution is 2.30. The molecule has 3 aromatic heterocycles. The van der Waals surface area contributed by atoms with Gasteiger partial charge in [0, 0.05) is 31.5 Å². The lowest BCUT2D eigenvalue weighted by Crippen LogP contribution is -2.33. The molecule has 1 fully saturated rings. The van der Waals surface area contributed by atoms with Crippen LogP contribution in [-0.4, -0.2) is 55.0 Å². The summed E-state index contributed by atoms with van der Waals surface area (Å²) in [5, 5.41) is 5.14. The highest BCUT2D eigenvalue weighted by molar-refractivity contribution is 5.87. The molecule has 9 nitrogen and oxygen atoms in total. The Morgan fingerprint density at radius 1 is 1.40 bits per heavy atom. The van der Waals surface area contributed by atoms with Gasteiger partial charge in [0.05, 0.1) is 25.0 Å². The molecule has 25 heavy (non-hydrogen) atoms. The lowest BCUT2D eigenvalue weighted by molar-refractivity contribution is -0.141. The van der Waals surface area contributed by atoms with E-state index >= 15 is 0 Å². The standard InChI is InChI=1S/C16H19N7O2/c1-25-14(24)9-23-16-13(7-20-23)15(18-10-19-16)22-5-2-3-12(22)8-21-6-4-17-11-21/h4,6-7,10-12H,2-3,5,8-9H2,1H3. The Hall–Kier alpha value is -2.97. The SMILES string of the molecule is COC(=O)Cn1ncc2c(N3CCCC3Cn3ccnc3)ncnc21. The third-order valence-electron chi connectivity index (χ3n) is 4.55. The van der Waals surface area contributed by atoms with Crippen molar-refractivity contribution < 1.29 is 9.53 Å². The van der Waals surface area contributed by atoms with Gasteiger partial charge < -0.3 is 14.2 Å². The summed E-state index contributed by atoms with van der Waals surface area (Å²) in [5.74, 6) is 0.507. The van der Waals surface area contributed by atoms with E-state index in [2.05, 4.69) is 29.5 Å². The van der Waals surface area contributed by atoms with Crippen LogP contribution in [0.15, 0.2) is 31.2 Å². The minimum Gasteiger partial charge on any atom is -0.468 e. The first-order valence-electron chi connectivity index (χ1n) is 8.22. The van der Waals surface area contributed by atoms with Crippen molar-refractivity contribution in [2.24, 2.45) is 0 Å². The van der Waals surface area contributed by atoms with Crippen LogP contribution >= 0.6 is 0 Å². The molecule has 0 aromatic carbocycles. The largest absolute Gasteiger partial charge is 0.468 e. The molecular formula is C16H19N7O2. The molecular weight excluding hydrogens is 322 g/mol. The second kappa shape index (κ2) is 6.50. The van der Waals surface area contributed by atoms with Crippen molar-refractivity contribution in [2.75, 3.05) is 18.6 Å². The van der Waals surface area contributed by atoms with Crippen molar-refractivity contribution in [3.63, 3.8) is 0 Å². The number of aromatic nitrogens is 6. The molecule has 0 radical (unpaired) electrons. The summed E-state index contributed by atoms with van der Waals surface area (Å²) >= 11 is 0. The fourth-order valence-corrected chi connectivity index (χ4v) is 3.35. The zero-order chi connectivity index (χ0) is 17.2. The van der Waals surface area contributed by atoms with Gasteiger partial charge in [-0.3, -0.25) is 4.79 Å². The third-order valence-corrected chi connectivity index (χ3v) is 4.55. The predicted molar refractivity (Wildman–Crippen MR) is 89.9 cm³/mol. The van der Waals surface area contributed by atoms with Gasteiger partial charge in [-0.25, -0.2) is 19.6 Å². The number of imidazole rings is 1. The molecule has 130 valence electrons. The quantitative estimate of drug-likeness (QED) is 0.636. The van der Waals surface area contributed by atoms with Crippen LogP contribution in [0.5, 0.6) is 0 Å². The number of carbonyl (C=O) groups excluding carboxylic acids is 1.